The number of hydrogen-bond donors (Lipinski definition) is 4. The van der Waals surface area contributed by atoms with Gasteiger partial charge in [-0.2, -0.15) is 0 Å². The van der Waals surface area contributed by atoms with Gasteiger partial charge in [-0.05, 0) is 17.7 Å². The molecule has 1 aromatic carbocycles. The molecule has 0 aliphatic heterocycles. The second-order valence-corrected chi connectivity index (χ2v) is 5.93. The van der Waals surface area contributed by atoms with E-state index in [-0.39, 0.29) is 4.90 Å². The van der Waals surface area contributed by atoms with E-state index in [0.29, 0.717) is 5.56 Å². The van der Waals surface area contributed by atoms with Crippen molar-refractivity contribution in [2.45, 2.75) is 21.9 Å². The summed E-state index contributed by atoms with van der Waals surface area (Å²) < 4.78 is 19.7. The zero-order valence-corrected chi connectivity index (χ0v) is 12.4. The molecule has 1 amide bonds. The highest BCUT2D eigenvalue weighted by Gasteiger charge is 2.24. The van der Waals surface area contributed by atoms with Crippen LogP contribution in [0.1, 0.15) is 11.7 Å². The monoisotopic (exact) mass is 341 g/mol. The maximum Gasteiger partial charge on any atom is 0.253 e. The number of benzene rings is 1. The fourth-order valence-corrected chi connectivity index (χ4v) is 1.98. The highest BCUT2D eigenvalue weighted by atomic mass is 35.5. The third kappa shape index (κ3) is 4.69. The van der Waals surface area contributed by atoms with Crippen LogP contribution in [-0.2, 0) is 15.9 Å². The second kappa shape index (κ2) is 7.92. The molecule has 4 N–H and O–H groups in total. The number of aliphatic hydroxyl groups is 2. The molecule has 1 rings (SSSR count). The third-order valence-corrected chi connectivity index (χ3v) is 3.60. The number of alkyl halides is 2. The summed E-state index contributed by atoms with van der Waals surface area (Å²) in [6.07, 6.45) is -1.21. The van der Waals surface area contributed by atoms with Crippen LogP contribution in [0.25, 0.3) is 0 Å². The lowest BCUT2D eigenvalue weighted by molar-refractivity contribution is -0.121. The molecule has 1 aromatic rings. The van der Waals surface area contributed by atoms with Gasteiger partial charge in [-0.25, -0.2) is 4.21 Å². The predicted molar refractivity (Wildman–Crippen MR) is 74.9 cm³/mol. The summed E-state index contributed by atoms with van der Waals surface area (Å²) in [7, 11) is 0. The van der Waals surface area contributed by atoms with Crippen LogP contribution in [0.5, 0.6) is 0 Å². The van der Waals surface area contributed by atoms with Gasteiger partial charge in [-0.15, -0.1) is 0 Å². The van der Waals surface area contributed by atoms with Crippen LogP contribution >= 0.6 is 23.2 Å². The van der Waals surface area contributed by atoms with E-state index < -0.39 is 40.6 Å². The summed E-state index contributed by atoms with van der Waals surface area (Å²) in [5.41, 5.74) is 0.360. The molecule has 112 valence electrons. The van der Waals surface area contributed by atoms with Crippen molar-refractivity contribution in [3.8, 4) is 0 Å². The van der Waals surface area contributed by atoms with Crippen molar-refractivity contribution < 1.29 is 23.8 Å². The first-order valence-corrected chi connectivity index (χ1v) is 7.43. The zero-order valence-electron chi connectivity index (χ0n) is 10.1. The molecule has 6 nitrogen and oxygen atoms in total. The van der Waals surface area contributed by atoms with Gasteiger partial charge >= 0.3 is 0 Å². The lowest BCUT2D eigenvalue weighted by atomic mass is 10.0. The number of carbonyl (C=O) groups excluding carboxylic acids is 1. The standard InChI is InChI=1S/C11H13Cl2NO5S/c12-10(13)11(17)14-8(5-15)9(16)6-1-3-7(4-2-6)20(18)19/h1-4,8-10,15-16H,5H2,(H,14,17)(H,18,19). The highest BCUT2D eigenvalue weighted by molar-refractivity contribution is 7.79. The Morgan fingerprint density at radius 2 is 1.85 bits per heavy atom. The van der Waals surface area contributed by atoms with Crippen molar-refractivity contribution in [1.29, 1.82) is 0 Å². The smallest absolute Gasteiger partial charge is 0.253 e. The molecule has 20 heavy (non-hydrogen) atoms. The molecule has 0 heterocycles. The Bertz CT molecular complexity index is 482. The summed E-state index contributed by atoms with van der Waals surface area (Å²) in [6, 6.07) is 4.56. The Morgan fingerprint density at radius 1 is 1.30 bits per heavy atom. The Kier molecular flexibility index (Phi) is 6.87. The third-order valence-electron chi connectivity index (χ3n) is 2.53. The first-order valence-electron chi connectivity index (χ1n) is 5.45. The van der Waals surface area contributed by atoms with Crippen LogP contribution in [0.4, 0.5) is 0 Å². The number of carbonyl (C=O) groups is 1. The van der Waals surface area contributed by atoms with Crippen LogP contribution in [-0.4, -0.2) is 42.4 Å². The number of aliphatic hydroxyl groups excluding tert-OH is 2. The molecule has 0 saturated heterocycles. The van der Waals surface area contributed by atoms with Crippen LogP contribution in [0.15, 0.2) is 29.2 Å². The Balaban J connectivity index is 2.82. The first kappa shape index (κ1) is 17.4. The van der Waals surface area contributed by atoms with E-state index >= 15 is 0 Å². The summed E-state index contributed by atoms with van der Waals surface area (Å²) in [6.45, 7) is -0.527. The number of amides is 1. The van der Waals surface area contributed by atoms with E-state index in [1.165, 1.54) is 24.3 Å². The fraction of sp³-hybridized carbons (Fsp3) is 0.364. The van der Waals surface area contributed by atoms with Gasteiger partial charge in [-0.3, -0.25) is 4.79 Å². The van der Waals surface area contributed by atoms with Crippen LogP contribution in [0, 0.1) is 0 Å². The van der Waals surface area contributed by atoms with Crippen LogP contribution in [0.3, 0.4) is 0 Å². The van der Waals surface area contributed by atoms with Gasteiger partial charge in [0, 0.05) is 0 Å². The van der Waals surface area contributed by atoms with E-state index in [4.69, 9.17) is 27.8 Å². The quantitative estimate of drug-likeness (QED) is 0.447. The molecule has 0 fully saturated rings. The van der Waals surface area contributed by atoms with E-state index in [0.717, 1.165) is 0 Å². The zero-order chi connectivity index (χ0) is 15.3. The molecule has 0 aromatic heterocycles. The molecule has 0 saturated carbocycles. The van der Waals surface area contributed by atoms with Crippen LogP contribution in [0.2, 0.25) is 0 Å². The van der Waals surface area contributed by atoms with Gasteiger partial charge in [0.15, 0.2) is 15.9 Å². The van der Waals surface area contributed by atoms with Gasteiger partial charge < -0.3 is 20.1 Å². The SMILES string of the molecule is O=C(NC(CO)C(O)c1ccc(S(=O)O)cc1)C(Cl)Cl. The minimum atomic E-state index is -2.11. The van der Waals surface area contributed by atoms with Crippen molar-refractivity contribution in [3.05, 3.63) is 29.8 Å². The molecular formula is C11H13Cl2NO5S. The lowest BCUT2D eigenvalue weighted by Crippen LogP contribution is -2.44. The van der Waals surface area contributed by atoms with E-state index in [1.807, 2.05) is 0 Å². The molecule has 9 heteroatoms. The number of halogens is 2. The molecule has 3 unspecified atom stereocenters. The minimum absolute atomic E-state index is 0.173. The maximum atomic E-state index is 11.3. The van der Waals surface area contributed by atoms with Crippen LogP contribution < -0.4 is 5.32 Å². The normalized spacial score (nSPS) is 15.7. The van der Waals surface area contributed by atoms with E-state index in [9.17, 15) is 19.2 Å². The van der Waals surface area contributed by atoms with E-state index in [2.05, 4.69) is 5.32 Å². The molecule has 0 aliphatic rings. The average molecular weight is 342 g/mol. The van der Waals surface area contributed by atoms with Crippen molar-refractivity contribution in [3.63, 3.8) is 0 Å². The fourth-order valence-electron chi connectivity index (χ4n) is 1.48. The Morgan fingerprint density at radius 3 is 2.25 bits per heavy atom. The van der Waals surface area contributed by atoms with Crippen molar-refractivity contribution in [1.82, 2.24) is 5.32 Å². The highest BCUT2D eigenvalue weighted by Crippen LogP contribution is 2.19. The summed E-state index contributed by atoms with van der Waals surface area (Å²) in [5.74, 6) is -0.737. The summed E-state index contributed by atoms with van der Waals surface area (Å²) >= 11 is 8.61. The van der Waals surface area contributed by atoms with Gasteiger partial charge in [0.1, 0.15) is 6.10 Å². The molecule has 3 atom stereocenters. The summed E-state index contributed by atoms with van der Waals surface area (Å²) in [4.78, 5) is 10.2. The first-order chi connectivity index (χ1) is 9.36. The van der Waals surface area contributed by atoms with Crippen molar-refractivity contribution in [2.24, 2.45) is 0 Å². The molecule has 0 spiro atoms. The second-order valence-electron chi connectivity index (χ2n) is 3.86. The lowest BCUT2D eigenvalue weighted by Gasteiger charge is -2.23. The number of rotatable bonds is 6. The van der Waals surface area contributed by atoms with Gasteiger partial charge in [0.25, 0.3) is 5.91 Å². The molecule has 0 aliphatic carbocycles. The molecule has 0 bridgehead atoms. The summed E-state index contributed by atoms with van der Waals surface area (Å²) in [5, 5.41) is 21.5. The Labute approximate surface area is 128 Å². The van der Waals surface area contributed by atoms with Gasteiger partial charge in [0.2, 0.25) is 0 Å². The maximum absolute atomic E-state index is 11.3. The van der Waals surface area contributed by atoms with Crippen molar-refractivity contribution in [2.75, 3.05) is 6.61 Å². The van der Waals surface area contributed by atoms with Crippen molar-refractivity contribution >= 4 is 40.2 Å². The molecule has 0 radical (unpaired) electrons. The molecular weight excluding hydrogens is 329 g/mol. The number of hydrogen-bond acceptors (Lipinski definition) is 4. The topological polar surface area (TPSA) is 107 Å². The van der Waals surface area contributed by atoms with E-state index in [1.54, 1.807) is 0 Å². The largest absolute Gasteiger partial charge is 0.394 e. The van der Waals surface area contributed by atoms with Gasteiger partial charge in [0.05, 0.1) is 17.5 Å². The van der Waals surface area contributed by atoms with Gasteiger partial charge in [-0.1, -0.05) is 35.3 Å². The Hall–Kier alpha value is -0.700. The minimum Gasteiger partial charge on any atom is -0.394 e. The average Bonchev–Trinajstić information content (AvgIpc) is 2.43. The number of nitrogens with one attached hydrogen (secondary N) is 1. The predicted octanol–water partition coefficient (Wildman–Crippen LogP) is 0.581.